The van der Waals surface area contributed by atoms with E-state index in [4.69, 9.17) is 9.84 Å². The molecule has 0 spiro atoms. The Labute approximate surface area is 235 Å². The summed E-state index contributed by atoms with van der Waals surface area (Å²) in [6, 6.07) is 17.6. The third kappa shape index (κ3) is 6.14. The van der Waals surface area contributed by atoms with Gasteiger partial charge in [-0.1, -0.05) is 36.4 Å². The lowest BCUT2D eigenvalue weighted by Crippen LogP contribution is -2.41. The number of nitrogens with one attached hydrogen (secondary N) is 1. The Bertz CT molecular complexity index is 1490. The first kappa shape index (κ1) is 28.0. The van der Waals surface area contributed by atoms with Gasteiger partial charge in [-0.2, -0.15) is 18.4 Å². The molecule has 1 heterocycles. The van der Waals surface area contributed by atoms with Crippen LogP contribution in [-0.4, -0.2) is 30.3 Å². The number of carboxylic acids is 1. The second-order valence-electron chi connectivity index (χ2n) is 10.4. The van der Waals surface area contributed by atoms with Gasteiger partial charge in [-0.25, -0.2) is 4.79 Å². The van der Waals surface area contributed by atoms with Gasteiger partial charge in [-0.3, -0.25) is 9.69 Å². The standard InChI is InChI=1S/C31H28F3N3O4/c32-31(33,34)25-3-1-2-24(18-35)29(25)36-30(40)37-14-15-41-27-17-23(12-13-26(27)37)22-10-8-21(9-11-22)20-6-4-19(5-7-20)16-28(38)39/h1-3,8-13,17,19-20H,4-7,14-16H2,(H,36,40)(H,38,39). The zero-order valence-electron chi connectivity index (χ0n) is 22.1. The van der Waals surface area contributed by atoms with Crippen molar-refractivity contribution in [1.29, 1.82) is 5.26 Å². The van der Waals surface area contributed by atoms with Crippen molar-refractivity contribution < 1.29 is 32.6 Å². The second-order valence-corrected chi connectivity index (χ2v) is 10.4. The van der Waals surface area contributed by atoms with Crippen LogP contribution in [0.25, 0.3) is 11.1 Å². The number of urea groups is 1. The molecule has 0 atom stereocenters. The van der Waals surface area contributed by atoms with Crippen molar-refractivity contribution in [3.63, 3.8) is 0 Å². The van der Waals surface area contributed by atoms with Crippen LogP contribution in [0.3, 0.4) is 0 Å². The predicted molar refractivity (Wildman–Crippen MR) is 147 cm³/mol. The number of nitriles is 1. The number of alkyl halides is 3. The number of ether oxygens (including phenoxy) is 1. The van der Waals surface area contributed by atoms with Gasteiger partial charge in [-0.15, -0.1) is 0 Å². The van der Waals surface area contributed by atoms with E-state index in [0.29, 0.717) is 17.4 Å². The van der Waals surface area contributed by atoms with Gasteiger partial charge in [0.25, 0.3) is 0 Å². The molecule has 2 N–H and O–H groups in total. The number of aliphatic carboxylic acids is 1. The zero-order valence-corrected chi connectivity index (χ0v) is 22.1. The van der Waals surface area contributed by atoms with Gasteiger partial charge in [-0.05, 0) is 78.5 Å². The molecule has 1 aliphatic heterocycles. The quantitative estimate of drug-likeness (QED) is 0.336. The summed E-state index contributed by atoms with van der Waals surface area (Å²) in [5, 5.41) is 20.7. The number of hydrogen-bond donors (Lipinski definition) is 2. The van der Waals surface area contributed by atoms with Gasteiger partial charge >= 0.3 is 18.2 Å². The molecule has 3 aromatic rings. The van der Waals surface area contributed by atoms with Crippen molar-refractivity contribution in [2.75, 3.05) is 23.4 Å². The van der Waals surface area contributed by atoms with E-state index in [1.165, 1.54) is 16.5 Å². The fourth-order valence-electron chi connectivity index (χ4n) is 5.70. The highest BCUT2D eigenvalue weighted by atomic mass is 19.4. The summed E-state index contributed by atoms with van der Waals surface area (Å²) in [7, 11) is 0. The predicted octanol–water partition coefficient (Wildman–Crippen LogP) is 7.42. The minimum Gasteiger partial charge on any atom is -0.490 e. The Hall–Kier alpha value is -4.52. The third-order valence-corrected chi connectivity index (χ3v) is 7.82. The number of carbonyl (C=O) groups excluding carboxylic acids is 1. The van der Waals surface area contributed by atoms with E-state index in [9.17, 15) is 28.0 Å². The zero-order chi connectivity index (χ0) is 29.1. The van der Waals surface area contributed by atoms with Crippen molar-refractivity contribution in [2.45, 2.75) is 44.2 Å². The molecule has 0 bridgehead atoms. The highest BCUT2D eigenvalue weighted by molar-refractivity contribution is 6.04. The molecule has 0 radical (unpaired) electrons. The molecule has 0 aromatic heterocycles. The number of benzene rings is 3. The molecule has 1 saturated carbocycles. The Morgan fingerprint density at radius 3 is 2.39 bits per heavy atom. The maximum absolute atomic E-state index is 13.6. The fourth-order valence-corrected chi connectivity index (χ4v) is 5.70. The van der Waals surface area contributed by atoms with E-state index in [-0.39, 0.29) is 31.1 Å². The van der Waals surface area contributed by atoms with Crippen LogP contribution in [0.5, 0.6) is 5.75 Å². The molecule has 41 heavy (non-hydrogen) atoms. The largest absolute Gasteiger partial charge is 0.490 e. The number of halogens is 3. The van der Waals surface area contributed by atoms with Crippen molar-refractivity contribution in [2.24, 2.45) is 5.92 Å². The first-order chi connectivity index (χ1) is 19.6. The van der Waals surface area contributed by atoms with Crippen molar-refractivity contribution in [3.8, 4) is 22.9 Å². The summed E-state index contributed by atoms with van der Waals surface area (Å²) < 4.78 is 46.5. The highest BCUT2D eigenvalue weighted by Crippen LogP contribution is 2.40. The lowest BCUT2D eigenvalue weighted by Gasteiger charge is -2.30. The smallest absolute Gasteiger partial charge is 0.418 e. The molecule has 2 amide bonds. The number of fused-ring (bicyclic) bond motifs is 1. The first-order valence-corrected chi connectivity index (χ1v) is 13.4. The lowest BCUT2D eigenvalue weighted by atomic mass is 9.77. The van der Waals surface area contributed by atoms with Gasteiger partial charge in [0, 0.05) is 6.42 Å². The Morgan fingerprint density at radius 1 is 1.02 bits per heavy atom. The van der Waals surface area contributed by atoms with Gasteiger partial charge < -0.3 is 15.2 Å². The Balaban J connectivity index is 1.31. The number of nitrogens with zero attached hydrogens (tertiary/aromatic N) is 2. The maximum Gasteiger partial charge on any atom is 0.418 e. The van der Waals surface area contributed by atoms with Crippen molar-refractivity contribution in [3.05, 3.63) is 77.4 Å². The summed E-state index contributed by atoms with van der Waals surface area (Å²) in [5.74, 6) is 0.329. The molecular formula is C31H28F3N3O4. The van der Waals surface area contributed by atoms with E-state index < -0.39 is 29.4 Å². The minimum absolute atomic E-state index is 0.123. The Kier molecular flexibility index (Phi) is 7.88. The van der Waals surface area contributed by atoms with E-state index >= 15 is 0 Å². The molecule has 1 fully saturated rings. The summed E-state index contributed by atoms with van der Waals surface area (Å²) in [6.07, 6.45) is -0.777. The highest BCUT2D eigenvalue weighted by Gasteiger charge is 2.36. The SMILES string of the molecule is N#Cc1cccc(C(F)(F)F)c1NC(=O)N1CCOc2cc(-c3ccc(C4CCC(CC(=O)O)CC4)cc3)ccc21. The van der Waals surface area contributed by atoms with Gasteiger partial charge in [0.2, 0.25) is 0 Å². The summed E-state index contributed by atoms with van der Waals surface area (Å²) in [4.78, 5) is 25.4. The van der Waals surface area contributed by atoms with Crippen LogP contribution >= 0.6 is 0 Å². The average molecular weight is 564 g/mol. The number of hydrogen-bond acceptors (Lipinski definition) is 4. The Morgan fingerprint density at radius 2 is 1.73 bits per heavy atom. The van der Waals surface area contributed by atoms with Gasteiger partial charge in [0.15, 0.2) is 0 Å². The van der Waals surface area contributed by atoms with Crippen molar-refractivity contribution in [1.82, 2.24) is 0 Å². The van der Waals surface area contributed by atoms with Gasteiger partial charge in [0.05, 0.1) is 29.0 Å². The van der Waals surface area contributed by atoms with Crippen LogP contribution in [0.1, 0.15) is 54.7 Å². The number of para-hydroxylation sites is 1. The molecule has 2 aliphatic rings. The lowest BCUT2D eigenvalue weighted by molar-refractivity contribution is -0.138. The van der Waals surface area contributed by atoms with Crippen LogP contribution < -0.4 is 15.0 Å². The molecule has 3 aromatic carbocycles. The molecule has 0 saturated heterocycles. The summed E-state index contributed by atoms with van der Waals surface area (Å²) in [6.45, 7) is 0.275. The molecule has 5 rings (SSSR count). The third-order valence-electron chi connectivity index (χ3n) is 7.82. The molecule has 7 nitrogen and oxygen atoms in total. The van der Waals surface area contributed by atoms with Crippen LogP contribution in [0.2, 0.25) is 0 Å². The molecule has 212 valence electrons. The van der Waals surface area contributed by atoms with Crippen LogP contribution in [0.4, 0.5) is 29.3 Å². The molecule has 10 heteroatoms. The molecule has 1 aliphatic carbocycles. The number of carboxylic acid groups (broad SMARTS) is 1. The second kappa shape index (κ2) is 11.5. The number of anilines is 2. The fraction of sp³-hybridized carbons (Fsp3) is 0.323. The van der Waals surface area contributed by atoms with Crippen LogP contribution in [0, 0.1) is 17.2 Å². The topological polar surface area (TPSA) is 103 Å². The van der Waals surface area contributed by atoms with E-state index in [0.717, 1.165) is 48.9 Å². The van der Waals surface area contributed by atoms with Crippen molar-refractivity contribution >= 4 is 23.4 Å². The summed E-state index contributed by atoms with van der Waals surface area (Å²) in [5.41, 5.74) is 1.48. The molecule has 0 unspecified atom stereocenters. The van der Waals surface area contributed by atoms with Crippen LogP contribution in [0.15, 0.2) is 60.7 Å². The summed E-state index contributed by atoms with van der Waals surface area (Å²) >= 11 is 0. The monoisotopic (exact) mass is 563 g/mol. The molecular weight excluding hydrogens is 535 g/mol. The average Bonchev–Trinajstić information content (AvgIpc) is 2.96. The van der Waals surface area contributed by atoms with Gasteiger partial charge in [0.1, 0.15) is 18.4 Å². The van der Waals surface area contributed by atoms with Crippen LogP contribution in [-0.2, 0) is 11.0 Å². The minimum atomic E-state index is -4.75. The van der Waals surface area contributed by atoms with E-state index in [2.05, 4.69) is 17.4 Å². The maximum atomic E-state index is 13.6. The number of rotatable bonds is 5. The van der Waals surface area contributed by atoms with E-state index in [1.54, 1.807) is 18.2 Å². The number of carbonyl (C=O) groups is 2. The normalized spacial score (nSPS) is 18.5. The first-order valence-electron chi connectivity index (χ1n) is 13.4. The van der Waals surface area contributed by atoms with E-state index in [1.807, 2.05) is 18.2 Å². The number of amides is 2.